The second-order valence-corrected chi connectivity index (χ2v) is 4.04. The molecule has 0 aromatic heterocycles. The largest absolute Gasteiger partial charge is 0.388 e. The predicted molar refractivity (Wildman–Crippen MR) is 56.6 cm³/mol. The van der Waals surface area contributed by atoms with Crippen LogP contribution in [0.4, 0.5) is 0 Å². The molecular weight excluding hydrogens is 174 g/mol. The Hall–Kier alpha value is -0.860. The molecule has 1 fully saturated rings. The van der Waals surface area contributed by atoms with E-state index in [1.54, 1.807) is 0 Å². The van der Waals surface area contributed by atoms with Crippen LogP contribution in [0.15, 0.2) is 24.3 Å². The third-order valence-corrected chi connectivity index (χ3v) is 3.19. The summed E-state index contributed by atoms with van der Waals surface area (Å²) in [5.74, 6) is 0.461. The first-order chi connectivity index (χ1) is 6.83. The van der Waals surface area contributed by atoms with Crippen molar-refractivity contribution in [2.75, 3.05) is 0 Å². The van der Waals surface area contributed by atoms with Gasteiger partial charge in [0.25, 0.3) is 0 Å². The predicted octanol–water partition coefficient (Wildman–Crippen LogP) is 1.98. The van der Waals surface area contributed by atoms with Crippen LogP contribution in [0.2, 0.25) is 0 Å². The summed E-state index contributed by atoms with van der Waals surface area (Å²) in [6.07, 6.45) is 3.26. The van der Waals surface area contributed by atoms with Gasteiger partial charge in [-0.05, 0) is 29.9 Å². The first kappa shape index (κ1) is 9.69. The van der Waals surface area contributed by atoms with Gasteiger partial charge in [-0.1, -0.05) is 30.7 Å². The lowest BCUT2D eigenvalue weighted by Crippen LogP contribution is -2.21. The number of hydrogen-bond acceptors (Lipinski definition) is 2. The fraction of sp³-hybridized carbons (Fsp3) is 0.500. The molecule has 0 bridgehead atoms. The van der Waals surface area contributed by atoms with E-state index in [0.717, 1.165) is 24.0 Å². The van der Waals surface area contributed by atoms with Crippen molar-refractivity contribution in [2.45, 2.75) is 31.9 Å². The van der Waals surface area contributed by atoms with Crippen LogP contribution in [0, 0.1) is 5.92 Å². The number of hydrogen-bond donors (Lipinski definition) is 2. The molecule has 1 aliphatic carbocycles. The smallest absolute Gasteiger partial charge is 0.0821 e. The van der Waals surface area contributed by atoms with Gasteiger partial charge in [0.05, 0.1) is 6.10 Å². The Balaban J connectivity index is 2.20. The lowest BCUT2D eigenvalue weighted by atomic mass is 9.78. The highest BCUT2D eigenvalue weighted by Gasteiger charge is 2.27. The molecule has 1 aliphatic rings. The third kappa shape index (κ3) is 1.68. The molecule has 1 unspecified atom stereocenters. The average Bonchev–Trinajstić information content (AvgIpc) is 2.15. The highest BCUT2D eigenvalue weighted by molar-refractivity contribution is 5.29. The Labute approximate surface area is 84.7 Å². The summed E-state index contributed by atoms with van der Waals surface area (Å²) in [5, 5.41) is 10.1. The van der Waals surface area contributed by atoms with Crippen molar-refractivity contribution in [1.29, 1.82) is 0 Å². The van der Waals surface area contributed by atoms with Crippen LogP contribution < -0.4 is 5.73 Å². The first-order valence-corrected chi connectivity index (χ1v) is 5.29. The van der Waals surface area contributed by atoms with Crippen molar-refractivity contribution < 1.29 is 5.11 Å². The Bertz CT molecular complexity index is 307. The van der Waals surface area contributed by atoms with E-state index in [2.05, 4.69) is 0 Å². The first-order valence-electron chi connectivity index (χ1n) is 5.29. The van der Waals surface area contributed by atoms with E-state index in [0.29, 0.717) is 12.5 Å². The van der Waals surface area contributed by atoms with Gasteiger partial charge in [0, 0.05) is 6.54 Å². The van der Waals surface area contributed by atoms with Gasteiger partial charge < -0.3 is 10.8 Å². The van der Waals surface area contributed by atoms with Gasteiger partial charge in [-0.2, -0.15) is 0 Å². The number of nitrogens with two attached hydrogens (primary N) is 1. The van der Waals surface area contributed by atoms with Gasteiger partial charge in [0.2, 0.25) is 0 Å². The Morgan fingerprint density at radius 1 is 1.36 bits per heavy atom. The second-order valence-electron chi connectivity index (χ2n) is 4.04. The SMILES string of the molecule is NCc1ccccc1C(O)C1CCC1. The summed E-state index contributed by atoms with van der Waals surface area (Å²) < 4.78 is 0. The van der Waals surface area contributed by atoms with Crippen molar-refractivity contribution in [3.05, 3.63) is 35.4 Å². The van der Waals surface area contributed by atoms with Crippen molar-refractivity contribution in [3.63, 3.8) is 0 Å². The van der Waals surface area contributed by atoms with Gasteiger partial charge >= 0.3 is 0 Å². The highest BCUT2D eigenvalue weighted by atomic mass is 16.3. The molecule has 0 heterocycles. The number of rotatable bonds is 3. The molecule has 76 valence electrons. The maximum Gasteiger partial charge on any atom is 0.0821 e. The summed E-state index contributed by atoms with van der Waals surface area (Å²) in [6.45, 7) is 0.514. The van der Waals surface area contributed by atoms with Gasteiger partial charge in [-0.15, -0.1) is 0 Å². The molecular formula is C12H17NO. The highest BCUT2D eigenvalue weighted by Crippen LogP contribution is 2.38. The minimum atomic E-state index is -0.302. The summed E-state index contributed by atoms with van der Waals surface area (Å²) in [4.78, 5) is 0. The van der Waals surface area contributed by atoms with E-state index in [1.807, 2.05) is 24.3 Å². The second kappa shape index (κ2) is 4.11. The van der Waals surface area contributed by atoms with Crippen LogP contribution in [0.25, 0.3) is 0 Å². The van der Waals surface area contributed by atoms with Crippen molar-refractivity contribution >= 4 is 0 Å². The lowest BCUT2D eigenvalue weighted by Gasteiger charge is -2.31. The van der Waals surface area contributed by atoms with E-state index in [9.17, 15) is 5.11 Å². The van der Waals surface area contributed by atoms with Crippen molar-refractivity contribution in [3.8, 4) is 0 Å². The van der Waals surface area contributed by atoms with Crippen LogP contribution in [0.1, 0.15) is 36.5 Å². The molecule has 14 heavy (non-hydrogen) atoms. The fourth-order valence-corrected chi connectivity index (χ4v) is 2.02. The Kier molecular flexibility index (Phi) is 2.85. The maximum absolute atomic E-state index is 10.1. The molecule has 1 aromatic rings. The quantitative estimate of drug-likeness (QED) is 0.767. The topological polar surface area (TPSA) is 46.2 Å². The molecule has 0 saturated heterocycles. The molecule has 2 heteroatoms. The minimum absolute atomic E-state index is 0.302. The zero-order valence-electron chi connectivity index (χ0n) is 8.32. The molecule has 0 aliphatic heterocycles. The molecule has 1 atom stereocenters. The van der Waals surface area contributed by atoms with Gasteiger partial charge in [-0.25, -0.2) is 0 Å². The van der Waals surface area contributed by atoms with Crippen molar-refractivity contribution in [2.24, 2.45) is 11.7 Å². The fourth-order valence-electron chi connectivity index (χ4n) is 2.02. The Morgan fingerprint density at radius 2 is 2.07 bits per heavy atom. The van der Waals surface area contributed by atoms with Gasteiger partial charge in [0.1, 0.15) is 0 Å². The summed E-state index contributed by atoms with van der Waals surface area (Å²) in [7, 11) is 0. The zero-order chi connectivity index (χ0) is 9.97. The van der Waals surface area contributed by atoms with Crippen LogP contribution in [0.5, 0.6) is 0 Å². The van der Waals surface area contributed by atoms with E-state index < -0.39 is 0 Å². The number of aliphatic hydroxyl groups excluding tert-OH is 1. The van der Waals surface area contributed by atoms with E-state index >= 15 is 0 Å². The average molecular weight is 191 g/mol. The maximum atomic E-state index is 10.1. The molecule has 0 amide bonds. The van der Waals surface area contributed by atoms with Crippen LogP contribution in [0.3, 0.4) is 0 Å². The van der Waals surface area contributed by atoms with Crippen molar-refractivity contribution in [1.82, 2.24) is 0 Å². The van der Waals surface area contributed by atoms with E-state index in [-0.39, 0.29) is 6.10 Å². The number of aliphatic hydroxyl groups is 1. The summed E-state index contributed by atoms with van der Waals surface area (Å²) in [6, 6.07) is 7.93. The molecule has 0 radical (unpaired) electrons. The number of benzene rings is 1. The minimum Gasteiger partial charge on any atom is -0.388 e. The van der Waals surface area contributed by atoms with Crippen LogP contribution in [-0.2, 0) is 6.54 Å². The van der Waals surface area contributed by atoms with E-state index in [1.165, 1.54) is 6.42 Å². The molecule has 1 aromatic carbocycles. The molecule has 0 spiro atoms. The molecule has 2 nitrogen and oxygen atoms in total. The molecule has 3 N–H and O–H groups in total. The van der Waals surface area contributed by atoms with E-state index in [4.69, 9.17) is 5.73 Å². The standard InChI is InChI=1S/C12H17NO/c13-8-10-4-1-2-7-11(10)12(14)9-5-3-6-9/h1-2,4,7,9,12,14H,3,5-6,8,13H2. The normalized spacial score (nSPS) is 19.0. The van der Waals surface area contributed by atoms with Crippen LogP contribution in [-0.4, -0.2) is 5.11 Å². The van der Waals surface area contributed by atoms with Gasteiger partial charge in [-0.3, -0.25) is 0 Å². The summed E-state index contributed by atoms with van der Waals surface area (Å²) in [5.41, 5.74) is 7.74. The Morgan fingerprint density at radius 3 is 2.64 bits per heavy atom. The molecule has 2 rings (SSSR count). The zero-order valence-corrected chi connectivity index (χ0v) is 8.32. The lowest BCUT2D eigenvalue weighted by molar-refractivity contribution is 0.0614. The monoisotopic (exact) mass is 191 g/mol. The van der Waals surface area contributed by atoms with Crippen LogP contribution >= 0.6 is 0 Å². The summed E-state index contributed by atoms with van der Waals surface area (Å²) >= 11 is 0. The third-order valence-electron chi connectivity index (χ3n) is 3.19. The van der Waals surface area contributed by atoms with Gasteiger partial charge in [0.15, 0.2) is 0 Å². The molecule has 1 saturated carbocycles.